The number of hydrogen-bond acceptors (Lipinski definition) is 6. The summed E-state index contributed by atoms with van der Waals surface area (Å²) >= 11 is 0.808. The van der Waals surface area contributed by atoms with E-state index in [1.54, 1.807) is 0 Å². The summed E-state index contributed by atoms with van der Waals surface area (Å²) in [5.41, 5.74) is 1.10. The van der Waals surface area contributed by atoms with Crippen molar-refractivity contribution in [2.75, 3.05) is 7.11 Å². The summed E-state index contributed by atoms with van der Waals surface area (Å²) in [5.74, 6) is -0.0621. The van der Waals surface area contributed by atoms with Crippen LogP contribution in [0.1, 0.15) is 11.1 Å². The summed E-state index contributed by atoms with van der Waals surface area (Å²) in [6.07, 6.45) is 1.46. The van der Waals surface area contributed by atoms with Crippen LogP contribution in [-0.2, 0) is 11.3 Å². The molecule has 3 aromatic carbocycles. The van der Waals surface area contributed by atoms with Crippen LogP contribution < -0.4 is 4.74 Å². The van der Waals surface area contributed by atoms with Gasteiger partial charge in [0.25, 0.3) is 16.8 Å². The number of carbonyl (C=O) groups is 2. The molecule has 1 aliphatic heterocycles. The van der Waals surface area contributed by atoms with E-state index in [1.165, 1.54) is 36.3 Å². The maximum atomic E-state index is 12.9. The molecule has 1 saturated heterocycles. The molecule has 0 spiro atoms. The minimum absolute atomic E-state index is 0.128. The number of benzene rings is 3. The third-order valence-corrected chi connectivity index (χ3v) is 5.70. The van der Waals surface area contributed by atoms with Crippen LogP contribution in [0.5, 0.6) is 5.75 Å². The fourth-order valence-electron chi connectivity index (χ4n) is 3.33. The first-order valence-electron chi connectivity index (χ1n) is 9.02. The van der Waals surface area contributed by atoms with Gasteiger partial charge in [0.05, 0.1) is 23.5 Å². The lowest BCUT2D eigenvalue weighted by Gasteiger charge is -2.14. The first-order valence-corrected chi connectivity index (χ1v) is 9.84. The Hall–Kier alpha value is -3.65. The molecule has 0 unspecified atom stereocenters. The Labute approximate surface area is 176 Å². The van der Waals surface area contributed by atoms with Gasteiger partial charge >= 0.3 is 0 Å². The molecule has 30 heavy (non-hydrogen) atoms. The van der Waals surface area contributed by atoms with Crippen LogP contribution in [0.15, 0.2) is 65.6 Å². The molecule has 3 aromatic rings. The minimum Gasteiger partial charge on any atom is -0.496 e. The van der Waals surface area contributed by atoms with Crippen LogP contribution in [-0.4, -0.2) is 28.1 Å². The Balaban J connectivity index is 1.66. The highest BCUT2D eigenvalue weighted by atomic mass is 32.2. The van der Waals surface area contributed by atoms with E-state index in [9.17, 15) is 19.7 Å². The fourth-order valence-corrected chi connectivity index (χ4v) is 4.16. The van der Waals surface area contributed by atoms with Gasteiger partial charge in [0, 0.05) is 17.7 Å². The van der Waals surface area contributed by atoms with Crippen LogP contribution in [0.3, 0.4) is 0 Å². The number of carbonyl (C=O) groups excluding carboxylic acids is 2. The van der Waals surface area contributed by atoms with E-state index in [2.05, 4.69) is 0 Å². The molecular weight excluding hydrogens is 404 g/mol. The van der Waals surface area contributed by atoms with Crippen molar-refractivity contribution < 1.29 is 19.2 Å². The molecule has 1 heterocycles. The van der Waals surface area contributed by atoms with Crippen molar-refractivity contribution in [3.8, 4) is 5.75 Å². The molecule has 0 saturated carbocycles. The summed E-state index contributed by atoms with van der Waals surface area (Å²) in [6, 6.07) is 17.6. The lowest BCUT2D eigenvalue weighted by atomic mass is 10.0. The summed E-state index contributed by atoms with van der Waals surface area (Å²) in [6.45, 7) is 0.148. The normalized spacial score (nSPS) is 15.2. The average Bonchev–Trinajstić information content (AvgIpc) is 3.01. The third-order valence-electron chi connectivity index (χ3n) is 4.79. The van der Waals surface area contributed by atoms with Crippen LogP contribution >= 0.6 is 11.8 Å². The van der Waals surface area contributed by atoms with Gasteiger partial charge in [0.2, 0.25) is 0 Å². The highest BCUT2D eigenvalue weighted by Crippen LogP contribution is 2.36. The monoisotopic (exact) mass is 420 g/mol. The van der Waals surface area contributed by atoms with Crippen LogP contribution in [0.25, 0.3) is 16.8 Å². The van der Waals surface area contributed by atoms with E-state index in [-0.39, 0.29) is 22.4 Å². The number of nitro benzene ring substituents is 1. The zero-order valence-electron chi connectivity index (χ0n) is 15.9. The van der Waals surface area contributed by atoms with Gasteiger partial charge in [-0.25, -0.2) is 0 Å². The van der Waals surface area contributed by atoms with Gasteiger partial charge in [-0.2, -0.15) is 0 Å². The molecule has 0 atom stereocenters. The van der Waals surface area contributed by atoms with Crippen LogP contribution in [0, 0.1) is 10.1 Å². The number of ether oxygens (including phenoxy) is 1. The maximum Gasteiger partial charge on any atom is 0.293 e. The summed E-state index contributed by atoms with van der Waals surface area (Å²) in [7, 11) is 1.44. The Kier molecular flexibility index (Phi) is 5.24. The fraction of sp³-hybridized carbons (Fsp3) is 0.0909. The van der Waals surface area contributed by atoms with E-state index < -0.39 is 10.8 Å². The Morgan fingerprint density at radius 1 is 1.10 bits per heavy atom. The topological polar surface area (TPSA) is 89.8 Å². The van der Waals surface area contributed by atoms with Gasteiger partial charge < -0.3 is 4.74 Å². The molecule has 0 aliphatic carbocycles. The van der Waals surface area contributed by atoms with Crippen molar-refractivity contribution in [3.05, 3.63) is 86.8 Å². The van der Waals surface area contributed by atoms with E-state index >= 15 is 0 Å². The average molecular weight is 420 g/mol. The Morgan fingerprint density at radius 3 is 2.63 bits per heavy atom. The second kappa shape index (κ2) is 8.00. The maximum absolute atomic E-state index is 12.9. The lowest BCUT2D eigenvalue weighted by Crippen LogP contribution is -2.27. The second-order valence-electron chi connectivity index (χ2n) is 6.59. The number of imide groups is 1. The molecule has 1 fully saturated rings. The number of methoxy groups -OCH3 is 1. The molecular formula is C22H16N2O5S. The highest BCUT2D eigenvalue weighted by molar-refractivity contribution is 8.18. The van der Waals surface area contributed by atoms with E-state index in [0.29, 0.717) is 11.3 Å². The zero-order chi connectivity index (χ0) is 21.3. The molecule has 1 aliphatic rings. The molecule has 0 N–H and O–H groups in total. The number of nitro groups is 1. The minimum atomic E-state index is -0.525. The quantitative estimate of drug-likeness (QED) is 0.328. The van der Waals surface area contributed by atoms with Crippen molar-refractivity contribution >= 4 is 45.4 Å². The van der Waals surface area contributed by atoms with Crippen molar-refractivity contribution in [2.24, 2.45) is 0 Å². The SMILES string of the molecule is COc1ccc([N+](=O)[O-])cc1/C=C1/SC(=O)N(Cc2cccc3ccccc23)C1=O. The number of fused-ring (bicyclic) bond motifs is 1. The van der Waals surface area contributed by atoms with Gasteiger partial charge in [0.1, 0.15) is 5.75 Å². The first-order chi connectivity index (χ1) is 14.5. The molecule has 0 radical (unpaired) electrons. The van der Waals surface area contributed by atoms with Gasteiger partial charge in [-0.05, 0) is 40.2 Å². The standard InChI is InChI=1S/C22H16N2O5S/c1-29-19-10-9-17(24(27)28)11-16(19)12-20-21(25)23(22(26)30-20)13-15-7-4-6-14-5-2-3-8-18(14)15/h2-12H,13H2,1H3/b20-12+. The van der Waals surface area contributed by atoms with E-state index in [1.807, 2.05) is 42.5 Å². The van der Waals surface area contributed by atoms with Gasteiger partial charge in [-0.15, -0.1) is 0 Å². The predicted octanol–water partition coefficient (Wildman–Crippen LogP) is 4.99. The molecule has 7 nitrogen and oxygen atoms in total. The van der Waals surface area contributed by atoms with E-state index in [0.717, 1.165) is 28.1 Å². The smallest absolute Gasteiger partial charge is 0.293 e. The van der Waals surface area contributed by atoms with Gasteiger partial charge in [-0.1, -0.05) is 42.5 Å². The number of rotatable bonds is 5. The van der Waals surface area contributed by atoms with Crippen LogP contribution in [0.2, 0.25) is 0 Å². The van der Waals surface area contributed by atoms with E-state index in [4.69, 9.17) is 4.74 Å². The predicted molar refractivity (Wildman–Crippen MR) is 115 cm³/mol. The second-order valence-corrected chi connectivity index (χ2v) is 7.58. The van der Waals surface area contributed by atoms with Crippen molar-refractivity contribution in [1.29, 1.82) is 0 Å². The molecule has 4 rings (SSSR count). The number of amides is 2. The largest absolute Gasteiger partial charge is 0.496 e. The third kappa shape index (κ3) is 3.65. The Morgan fingerprint density at radius 2 is 1.87 bits per heavy atom. The lowest BCUT2D eigenvalue weighted by molar-refractivity contribution is -0.384. The number of thioether (sulfide) groups is 1. The Bertz CT molecular complexity index is 1220. The zero-order valence-corrected chi connectivity index (χ0v) is 16.7. The molecule has 8 heteroatoms. The number of non-ortho nitro benzene ring substituents is 1. The highest BCUT2D eigenvalue weighted by Gasteiger charge is 2.35. The summed E-state index contributed by atoms with van der Waals surface area (Å²) in [5, 5.41) is 12.7. The summed E-state index contributed by atoms with van der Waals surface area (Å²) in [4.78, 5) is 37.4. The van der Waals surface area contributed by atoms with Crippen molar-refractivity contribution in [2.45, 2.75) is 6.54 Å². The first kappa shape index (κ1) is 19.7. The van der Waals surface area contributed by atoms with Crippen molar-refractivity contribution in [1.82, 2.24) is 4.90 Å². The van der Waals surface area contributed by atoms with Gasteiger partial charge in [0.15, 0.2) is 0 Å². The molecule has 150 valence electrons. The van der Waals surface area contributed by atoms with Crippen molar-refractivity contribution in [3.63, 3.8) is 0 Å². The number of nitrogens with zero attached hydrogens (tertiary/aromatic N) is 2. The summed E-state index contributed by atoms with van der Waals surface area (Å²) < 4.78 is 5.24. The molecule has 0 aromatic heterocycles. The van der Waals surface area contributed by atoms with Crippen LogP contribution in [0.4, 0.5) is 10.5 Å². The van der Waals surface area contributed by atoms with Gasteiger partial charge in [-0.3, -0.25) is 24.6 Å². The molecule has 0 bridgehead atoms. The number of hydrogen-bond donors (Lipinski definition) is 0. The molecule has 2 amide bonds.